The predicted molar refractivity (Wildman–Crippen MR) is 90.7 cm³/mol. The summed E-state index contributed by atoms with van der Waals surface area (Å²) in [5, 5.41) is 5.51. The van der Waals surface area contributed by atoms with E-state index in [0.717, 1.165) is 11.3 Å². The Kier molecular flexibility index (Phi) is 5.74. The van der Waals surface area contributed by atoms with Gasteiger partial charge in [-0.15, -0.1) is 0 Å². The second kappa shape index (κ2) is 7.98. The fourth-order valence-corrected chi connectivity index (χ4v) is 1.90. The van der Waals surface area contributed by atoms with E-state index in [4.69, 9.17) is 4.74 Å². The van der Waals surface area contributed by atoms with Crippen LogP contribution in [-0.4, -0.2) is 18.4 Å². The van der Waals surface area contributed by atoms with Gasteiger partial charge in [0.1, 0.15) is 5.75 Å². The number of nitrogens with one attached hydrogen (secondary N) is 2. The maximum absolute atomic E-state index is 11.9. The van der Waals surface area contributed by atoms with Crippen LogP contribution in [0, 0.1) is 6.92 Å². The SMILES string of the molecule is CCC(=O)Nc1cccc(OCC(=O)Nc2ccc(C)cc2)c1. The third-order valence-electron chi connectivity index (χ3n) is 3.14. The molecule has 0 aromatic heterocycles. The van der Waals surface area contributed by atoms with Crippen molar-refractivity contribution < 1.29 is 14.3 Å². The highest BCUT2D eigenvalue weighted by molar-refractivity contribution is 5.92. The summed E-state index contributed by atoms with van der Waals surface area (Å²) in [5.74, 6) is 0.217. The largest absolute Gasteiger partial charge is 0.484 e. The molecule has 0 saturated heterocycles. The van der Waals surface area contributed by atoms with Crippen LogP contribution in [0.3, 0.4) is 0 Å². The van der Waals surface area contributed by atoms with Crippen LogP contribution >= 0.6 is 0 Å². The molecule has 0 radical (unpaired) electrons. The summed E-state index contributed by atoms with van der Waals surface area (Å²) in [7, 11) is 0. The van der Waals surface area contributed by atoms with E-state index in [1.807, 2.05) is 31.2 Å². The number of hydrogen-bond donors (Lipinski definition) is 2. The van der Waals surface area contributed by atoms with Gasteiger partial charge in [0.05, 0.1) is 0 Å². The summed E-state index contributed by atoms with van der Waals surface area (Å²) in [5.41, 5.74) is 2.51. The Labute approximate surface area is 135 Å². The summed E-state index contributed by atoms with van der Waals surface area (Å²) < 4.78 is 5.46. The summed E-state index contributed by atoms with van der Waals surface area (Å²) >= 11 is 0. The van der Waals surface area contributed by atoms with Crippen LogP contribution in [0.15, 0.2) is 48.5 Å². The number of aryl methyl sites for hydroxylation is 1. The van der Waals surface area contributed by atoms with E-state index in [1.165, 1.54) is 0 Å². The third kappa shape index (κ3) is 5.47. The molecule has 0 heterocycles. The van der Waals surface area contributed by atoms with E-state index in [0.29, 0.717) is 17.9 Å². The number of ether oxygens (including phenoxy) is 1. The lowest BCUT2D eigenvalue weighted by atomic mass is 10.2. The Morgan fingerprint density at radius 3 is 2.35 bits per heavy atom. The van der Waals surface area contributed by atoms with Crippen molar-refractivity contribution in [1.29, 1.82) is 0 Å². The van der Waals surface area contributed by atoms with Gasteiger partial charge in [0, 0.05) is 23.9 Å². The van der Waals surface area contributed by atoms with Crippen molar-refractivity contribution in [2.75, 3.05) is 17.2 Å². The zero-order chi connectivity index (χ0) is 16.7. The smallest absolute Gasteiger partial charge is 0.262 e. The van der Waals surface area contributed by atoms with E-state index < -0.39 is 0 Å². The summed E-state index contributed by atoms with van der Waals surface area (Å²) in [6.07, 6.45) is 0.407. The van der Waals surface area contributed by atoms with Crippen LogP contribution in [-0.2, 0) is 9.59 Å². The minimum Gasteiger partial charge on any atom is -0.484 e. The first-order chi connectivity index (χ1) is 11.1. The number of benzene rings is 2. The molecular formula is C18H20N2O3. The molecule has 2 N–H and O–H groups in total. The first kappa shape index (κ1) is 16.5. The van der Waals surface area contributed by atoms with E-state index in [-0.39, 0.29) is 18.4 Å². The molecule has 120 valence electrons. The first-order valence-electron chi connectivity index (χ1n) is 7.46. The van der Waals surface area contributed by atoms with Gasteiger partial charge in [-0.3, -0.25) is 9.59 Å². The van der Waals surface area contributed by atoms with Gasteiger partial charge in [0.2, 0.25) is 5.91 Å². The number of carbonyl (C=O) groups excluding carboxylic acids is 2. The third-order valence-corrected chi connectivity index (χ3v) is 3.14. The molecule has 23 heavy (non-hydrogen) atoms. The lowest BCUT2D eigenvalue weighted by Gasteiger charge is -2.09. The van der Waals surface area contributed by atoms with Crippen LogP contribution in [0.2, 0.25) is 0 Å². The number of rotatable bonds is 6. The Morgan fingerprint density at radius 1 is 0.957 bits per heavy atom. The van der Waals surface area contributed by atoms with Crippen LogP contribution in [0.1, 0.15) is 18.9 Å². The molecule has 2 aromatic carbocycles. The first-order valence-corrected chi connectivity index (χ1v) is 7.46. The fraction of sp³-hybridized carbons (Fsp3) is 0.222. The average molecular weight is 312 g/mol. The maximum Gasteiger partial charge on any atom is 0.262 e. The van der Waals surface area contributed by atoms with Crippen LogP contribution < -0.4 is 15.4 Å². The molecule has 2 rings (SSSR count). The molecule has 0 bridgehead atoms. The van der Waals surface area contributed by atoms with Crippen molar-refractivity contribution >= 4 is 23.2 Å². The number of amides is 2. The predicted octanol–water partition coefficient (Wildman–Crippen LogP) is 3.36. The van der Waals surface area contributed by atoms with Gasteiger partial charge in [-0.25, -0.2) is 0 Å². The van der Waals surface area contributed by atoms with Crippen LogP contribution in [0.4, 0.5) is 11.4 Å². The lowest BCUT2D eigenvalue weighted by molar-refractivity contribution is -0.118. The van der Waals surface area contributed by atoms with Gasteiger partial charge < -0.3 is 15.4 Å². The van der Waals surface area contributed by atoms with E-state index in [2.05, 4.69) is 10.6 Å². The van der Waals surface area contributed by atoms with Crippen molar-refractivity contribution in [1.82, 2.24) is 0 Å². The summed E-state index contributed by atoms with van der Waals surface area (Å²) in [6, 6.07) is 14.5. The molecule has 0 aliphatic carbocycles. The number of hydrogen-bond acceptors (Lipinski definition) is 3. The normalized spacial score (nSPS) is 10.0. The van der Waals surface area contributed by atoms with Crippen molar-refractivity contribution in [2.24, 2.45) is 0 Å². The zero-order valence-electron chi connectivity index (χ0n) is 13.3. The molecule has 0 saturated carbocycles. The second-order valence-electron chi connectivity index (χ2n) is 5.13. The van der Waals surface area contributed by atoms with Gasteiger partial charge in [-0.05, 0) is 31.2 Å². The van der Waals surface area contributed by atoms with Gasteiger partial charge in [0.25, 0.3) is 5.91 Å². The number of anilines is 2. The second-order valence-corrected chi connectivity index (χ2v) is 5.13. The molecule has 0 fully saturated rings. The Bertz CT molecular complexity index is 681. The van der Waals surface area contributed by atoms with Crippen LogP contribution in [0.25, 0.3) is 0 Å². The maximum atomic E-state index is 11.9. The van der Waals surface area contributed by atoms with Gasteiger partial charge >= 0.3 is 0 Å². The summed E-state index contributed by atoms with van der Waals surface area (Å²) in [6.45, 7) is 3.67. The van der Waals surface area contributed by atoms with Crippen molar-refractivity contribution in [3.8, 4) is 5.75 Å². The molecule has 0 aliphatic rings. The molecule has 0 unspecified atom stereocenters. The van der Waals surface area contributed by atoms with Gasteiger partial charge in [-0.2, -0.15) is 0 Å². The minimum absolute atomic E-state index is 0.0701. The van der Waals surface area contributed by atoms with E-state index in [1.54, 1.807) is 31.2 Å². The molecule has 2 amide bonds. The standard InChI is InChI=1S/C18H20N2O3/c1-3-17(21)20-15-5-4-6-16(11-15)23-12-18(22)19-14-9-7-13(2)8-10-14/h4-11H,3,12H2,1-2H3,(H,19,22)(H,20,21). The highest BCUT2D eigenvalue weighted by Gasteiger charge is 2.05. The molecule has 2 aromatic rings. The molecule has 5 nitrogen and oxygen atoms in total. The summed E-state index contributed by atoms with van der Waals surface area (Å²) in [4.78, 5) is 23.2. The van der Waals surface area contributed by atoms with Crippen LogP contribution in [0.5, 0.6) is 5.75 Å². The van der Waals surface area contributed by atoms with Gasteiger partial charge in [0.15, 0.2) is 6.61 Å². The molecule has 5 heteroatoms. The van der Waals surface area contributed by atoms with Gasteiger partial charge in [-0.1, -0.05) is 30.7 Å². The Hall–Kier alpha value is -2.82. The monoisotopic (exact) mass is 312 g/mol. The minimum atomic E-state index is -0.239. The molecule has 0 atom stereocenters. The average Bonchev–Trinajstić information content (AvgIpc) is 2.55. The number of carbonyl (C=O) groups is 2. The lowest BCUT2D eigenvalue weighted by Crippen LogP contribution is -2.20. The van der Waals surface area contributed by atoms with E-state index >= 15 is 0 Å². The highest BCUT2D eigenvalue weighted by Crippen LogP contribution is 2.17. The highest BCUT2D eigenvalue weighted by atomic mass is 16.5. The Morgan fingerprint density at radius 2 is 1.65 bits per heavy atom. The quantitative estimate of drug-likeness (QED) is 0.859. The van der Waals surface area contributed by atoms with E-state index in [9.17, 15) is 9.59 Å². The van der Waals surface area contributed by atoms with Crippen molar-refractivity contribution in [3.63, 3.8) is 0 Å². The zero-order valence-corrected chi connectivity index (χ0v) is 13.3. The molecule has 0 aliphatic heterocycles. The topological polar surface area (TPSA) is 67.4 Å². The fourth-order valence-electron chi connectivity index (χ4n) is 1.90. The molecule has 0 spiro atoms. The van der Waals surface area contributed by atoms with Crippen molar-refractivity contribution in [2.45, 2.75) is 20.3 Å². The van der Waals surface area contributed by atoms with Crippen molar-refractivity contribution in [3.05, 3.63) is 54.1 Å². The molecular weight excluding hydrogens is 292 g/mol. The Balaban J connectivity index is 1.87.